The Morgan fingerprint density at radius 2 is 2.29 bits per heavy atom. The first kappa shape index (κ1) is 10.2. The molecule has 14 heavy (non-hydrogen) atoms. The van der Waals surface area contributed by atoms with E-state index in [-0.39, 0.29) is 12.2 Å². The average Bonchev–Trinajstić information content (AvgIpc) is 2.46. The van der Waals surface area contributed by atoms with Crippen LogP contribution in [-0.2, 0) is 16.1 Å². The minimum atomic E-state index is -1.01. The van der Waals surface area contributed by atoms with E-state index in [1.165, 1.54) is 17.9 Å². The molecule has 0 bridgehead atoms. The van der Waals surface area contributed by atoms with Crippen molar-refractivity contribution in [3.63, 3.8) is 0 Å². The molecule has 0 atom stereocenters. The summed E-state index contributed by atoms with van der Waals surface area (Å²) in [6, 6.07) is 1.48. The van der Waals surface area contributed by atoms with E-state index in [4.69, 9.17) is 5.11 Å². The summed E-state index contributed by atoms with van der Waals surface area (Å²) < 4.78 is 5.68. The van der Waals surface area contributed by atoms with Gasteiger partial charge in [0.25, 0.3) is 0 Å². The topological polar surface area (TPSA) is 81.4 Å². The second kappa shape index (κ2) is 3.91. The van der Waals surface area contributed by atoms with Crippen molar-refractivity contribution in [2.45, 2.75) is 13.5 Å². The molecule has 0 saturated carbocycles. The van der Waals surface area contributed by atoms with Gasteiger partial charge in [-0.25, -0.2) is 4.79 Å². The fourth-order valence-corrected chi connectivity index (χ4v) is 1.00. The van der Waals surface area contributed by atoms with E-state index in [2.05, 4.69) is 9.84 Å². The van der Waals surface area contributed by atoms with Gasteiger partial charge in [0.15, 0.2) is 5.69 Å². The molecular formula is C8H10N2O4. The van der Waals surface area contributed by atoms with E-state index in [0.29, 0.717) is 5.69 Å². The molecule has 0 fully saturated rings. The molecule has 0 aliphatic carbocycles. The predicted octanol–water partition coefficient (Wildman–Crippen LogP) is 0.0627. The number of carboxylic acid groups (broad SMARTS) is 1. The molecule has 0 aliphatic heterocycles. The maximum atomic E-state index is 11.0. The number of esters is 1. The maximum absolute atomic E-state index is 11.0. The highest BCUT2D eigenvalue weighted by Gasteiger charge is 2.13. The highest BCUT2D eigenvalue weighted by atomic mass is 16.5. The number of ether oxygens (including phenoxy) is 1. The van der Waals surface area contributed by atoms with Crippen LogP contribution >= 0.6 is 0 Å². The van der Waals surface area contributed by atoms with Crippen LogP contribution in [0.2, 0.25) is 0 Å². The highest BCUT2D eigenvalue weighted by Crippen LogP contribution is 2.04. The van der Waals surface area contributed by atoms with Crippen molar-refractivity contribution in [1.29, 1.82) is 0 Å². The molecule has 0 radical (unpaired) electrons. The lowest BCUT2D eigenvalue weighted by Gasteiger charge is -1.97. The average molecular weight is 198 g/mol. The molecule has 0 aromatic carbocycles. The van der Waals surface area contributed by atoms with E-state index >= 15 is 0 Å². The van der Waals surface area contributed by atoms with Crippen LogP contribution in [0.25, 0.3) is 0 Å². The molecule has 0 amide bonds. The number of aromatic nitrogens is 2. The first-order valence-corrected chi connectivity index (χ1v) is 3.89. The van der Waals surface area contributed by atoms with Crippen molar-refractivity contribution in [1.82, 2.24) is 9.78 Å². The number of carbonyl (C=O) groups is 2. The van der Waals surface area contributed by atoms with Gasteiger partial charge in [0, 0.05) is 5.69 Å². The second-order valence-electron chi connectivity index (χ2n) is 2.71. The normalized spacial score (nSPS) is 9.86. The number of aryl methyl sites for hydroxylation is 1. The van der Waals surface area contributed by atoms with Gasteiger partial charge < -0.3 is 9.84 Å². The van der Waals surface area contributed by atoms with Gasteiger partial charge in [-0.2, -0.15) is 5.10 Å². The van der Waals surface area contributed by atoms with E-state index < -0.39 is 11.9 Å². The molecule has 0 aliphatic rings. The van der Waals surface area contributed by atoms with Gasteiger partial charge in [-0.1, -0.05) is 0 Å². The van der Waals surface area contributed by atoms with E-state index in [1.54, 1.807) is 6.92 Å². The number of methoxy groups -OCH3 is 1. The summed E-state index contributed by atoms with van der Waals surface area (Å²) in [5, 5.41) is 12.3. The van der Waals surface area contributed by atoms with Gasteiger partial charge in [0.2, 0.25) is 0 Å². The zero-order valence-electron chi connectivity index (χ0n) is 7.85. The van der Waals surface area contributed by atoms with Crippen LogP contribution in [0.3, 0.4) is 0 Å². The number of carbonyl (C=O) groups excluding carboxylic acids is 1. The summed E-state index contributed by atoms with van der Waals surface area (Å²) in [6.45, 7) is 1.41. The van der Waals surface area contributed by atoms with Crippen molar-refractivity contribution in [3.05, 3.63) is 17.5 Å². The van der Waals surface area contributed by atoms with Gasteiger partial charge >= 0.3 is 11.9 Å². The van der Waals surface area contributed by atoms with Crippen LogP contribution in [0.4, 0.5) is 0 Å². The van der Waals surface area contributed by atoms with Crippen LogP contribution in [0.5, 0.6) is 0 Å². The Kier molecular flexibility index (Phi) is 2.85. The largest absolute Gasteiger partial charge is 0.480 e. The molecule has 6 heteroatoms. The van der Waals surface area contributed by atoms with Crippen LogP contribution in [0, 0.1) is 6.92 Å². The zero-order valence-corrected chi connectivity index (χ0v) is 7.85. The molecule has 1 rings (SSSR count). The standard InChI is InChI=1S/C8H10N2O4/c1-5-3-6(8(13)14-2)9-10(5)4-7(11)12/h3H,4H2,1-2H3,(H,11,12). The summed E-state index contributed by atoms with van der Waals surface area (Å²) in [6.07, 6.45) is 0. The van der Waals surface area contributed by atoms with Gasteiger partial charge in [-0.15, -0.1) is 0 Å². The number of hydrogen-bond donors (Lipinski definition) is 1. The number of carboxylic acids is 1. The summed E-state index contributed by atoms with van der Waals surface area (Å²) >= 11 is 0. The fraction of sp³-hybridized carbons (Fsp3) is 0.375. The molecule has 1 N–H and O–H groups in total. The van der Waals surface area contributed by atoms with Gasteiger partial charge in [0.1, 0.15) is 6.54 Å². The number of hydrogen-bond acceptors (Lipinski definition) is 4. The van der Waals surface area contributed by atoms with E-state index in [1.807, 2.05) is 0 Å². The van der Waals surface area contributed by atoms with Crippen LogP contribution in [-0.4, -0.2) is 33.9 Å². The third-order valence-electron chi connectivity index (χ3n) is 1.66. The van der Waals surface area contributed by atoms with Crippen LogP contribution < -0.4 is 0 Å². The lowest BCUT2D eigenvalue weighted by atomic mass is 10.4. The maximum Gasteiger partial charge on any atom is 0.358 e. The smallest absolute Gasteiger partial charge is 0.358 e. The van der Waals surface area contributed by atoms with Crippen molar-refractivity contribution in [3.8, 4) is 0 Å². The van der Waals surface area contributed by atoms with Gasteiger partial charge in [-0.3, -0.25) is 9.48 Å². The summed E-state index contributed by atoms with van der Waals surface area (Å²) in [7, 11) is 1.24. The van der Waals surface area contributed by atoms with Crippen LogP contribution in [0.1, 0.15) is 16.2 Å². The quantitative estimate of drug-likeness (QED) is 0.694. The fourth-order valence-electron chi connectivity index (χ4n) is 1.00. The SMILES string of the molecule is COC(=O)c1cc(C)n(CC(=O)O)n1. The Morgan fingerprint density at radius 3 is 2.79 bits per heavy atom. The van der Waals surface area contributed by atoms with E-state index in [0.717, 1.165) is 0 Å². The molecule has 1 heterocycles. The molecular weight excluding hydrogens is 188 g/mol. The van der Waals surface area contributed by atoms with Crippen molar-refractivity contribution >= 4 is 11.9 Å². The first-order valence-electron chi connectivity index (χ1n) is 3.89. The second-order valence-corrected chi connectivity index (χ2v) is 2.71. The summed E-state index contributed by atoms with van der Waals surface area (Å²) in [5.74, 6) is -1.58. The Labute approximate surface area is 80.1 Å². The Balaban J connectivity index is 2.93. The lowest BCUT2D eigenvalue weighted by Crippen LogP contribution is -2.12. The Morgan fingerprint density at radius 1 is 1.64 bits per heavy atom. The summed E-state index contributed by atoms with van der Waals surface area (Å²) in [5.41, 5.74) is 0.721. The molecule has 76 valence electrons. The lowest BCUT2D eigenvalue weighted by molar-refractivity contribution is -0.137. The molecule has 1 aromatic heterocycles. The van der Waals surface area contributed by atoms with Gasteiger partial charge in [0.05, 0.1) is 7.11 Å². The molecule has 0 saturated heterocycles. The molecule has 0 unspecified atom stereocenters. The minimum absolute atomic E-state index is 0.117. The first-order chi connectivity index (χ1) is 6.54. The minimum Gasteiger partial charge on any atom is -0.480 e. The Bertz CT molecular complexity index is 369. The number of aliphatic carboxylic acids is 1. The number of nitrogens with zero attached hydrogens (tertiary/aromatic N) is 2. The summed E-state index contributed by atoms with van der Waals surface area (Å²) in [4.78, 5) is 21.4. The molecule has 0 spiro atoms. The van der Waals surface area contributed by atoms with Crippen molar-refractivity contribution in [2.75, 3.05) is 7.11 Å². The predicted molar refractivity (Wildman–Crippen MR) is 45.9 cm³/mol. The zero-order chi connectivity index (χ0) is 10.7. The van der Waals surface area contributed by atoms with Crippen molar-refractivity contribution in [2.24, 2.45) is 0 Å². The number of rotatable bonds is 3. The van der Waals surface area contributed by atoms with Crippen LogP contribution in [0.15, 0.2) is 6.07 Å². The Hall–Kier alpha value is -1.85. The molecule has 1 aromatic rings. The highest BCUT2D eigenvalue weighted by molar-refractivity contribution is 5.87. The third kappa shape index (κ3) is 2.09. The molecule has 6 nitrogen and oxygen atoms in total. The van der Waals surface area contributed by atoms with Crippen molar-refractivity contribution < 1.29 is 19.4 Å². The van der Waals surface area contributed by atoms with Gasteiger partial charge in [-0.05, 0) is 13.0 Å². The van der Waals surface area contributed by atoms with E-state index in [9.17, 15) is 9.59 Å². The third-order valence-corrected chi connectivity index (χ3v) is 1.66. The monoisotopic (exact) mass is 198 g/mol.